The standard InChI is InChI=1S/C20H14ClF3N4O2/c21-13-6-4-11(5-7-13)15-10-25-28-16(19(30)27-18(15)28)9-17(29)26-14-3-1-2-12(8-14)20(22,23)24/h1-8,10,16H,9H2,(H,26,29)(H,27,30). The number of alkyl halides is 3. The molecule has 1 unspecified atom stereocenters. The molecule has 0 spiro atoms. The molecule has 1 atom stereocenters. The molecule has 0 bridgehead atoms. The summed E-state index contributed by atoms with van der Waals surface area (Å²) in [4.78, 5) is 24.8. The van der Waals surface area contributed by atoms with Crippen LogP contribution in [0.2, 0.25) is 5.02 Å². The minimum Gasteiger partial charge on any atom is -0.326 e. The Labute approximate surface area is 173 Å². The van der Waals surface area contributed by atoms with Crippen molar-refractivity contribution in [2.75, 3.05) is 10.6 Å². The monoisotopic (exact) mass is 434 g/mol. The molecular formula is C20H14ClF3N4O2. The first-order chi connectivity index (χ1) is 14.2. The van der Waals surface area contributed by atoms with Gasteiger partial charge in [0.25, 0.3) is 5.91 Å². The van der Waals surface area contributed by atoms with Gasteiger partial charge in [0.1, 0.15) is 11.9 Å². The molecule has 10 heteroatoms. The predicted molar refractivity (Wildman–Crippen MR) is 105 cm³/mol. The Morgan fingerprint density at radius 2 is 1.93 bits per heavy atom. The number of hydrogen-bond donors (Lipinski definition) is 2. The van der Waals surface area contributed by atoms with Crippen LogP contribution in [0.4, 0.5) is 24.7 Å². The Morgan fingerprint density at radius 3 is 2.63 bits per heavy atom. The zero-order valence-corrected chi connectivity index (χ0v) is 16.0. The first-order valence-electron chi connectivity index (χ1n) is 8.84. The lowest BCUT2D eigenvalue weighted by Crippen LogP contribution is -2.23. The molecule has 4 rings (SSSR count). The van der Waals surface area contributed by atoms with Gasteiger partial charge < -0.3 is 10.6 Å². The molecule has 0 radical (unpaired) electrons. The highest BCUT2D eigenvalue weighted by atomic mass is 35.5. The summed E-state index contributed by atoms with van der Waals surface area (Å²) >= 11 is 5.90. The molecular weight excluding hydrogens is 421 g/mol. The zero-order valence-electron chi connectivity index (χ0n) is 15.2. The maximum absolute atomic E-state index is 12.8. The molecule has 154 valence electrons. The van der Waals surface area contributed by atoms with Crippen molar-refractivity contribution in [2.45, 2.75) is 18.6 Å². The topological polar surface area (TPSA) is 76.0 Å². The van der Waals surface area contributed by atoms with Gasteiger partial charge in [0.2, 0.25) is 5.91 Å². The van der Waals surface area contributed by atoms with Crippen LogP contribution in [-0.2, 0) is 15.8 Å². The van der Waals surface area contributed by atoms with Crippen LogP contribution in [0.5, 0.6) is 0 Å². The van der Waals surface area contributed by atoms with Gasteiger partial charge in [-0.2, -0.15) is 18.3 Å². The number of rotatable bonds is 4. The molecule has 1 aliphatic heterocycles. The molecule has 2 heterocycles. The van der Waals surface area contributed by atoms with E-state index in [2.05, 4.69) is 15.7 Å². The van der Waals surface area contributed by atoms with Crippen molar-refractivity contribution in [2.24, 2.45) is 0 Å². The van der Waals surface area contributed by atoms with E-state index in [0.717, 1.165) is 17.7 Å². The van der Waals surface area contributed by atoms with Gasteiger partial charge in [-0.1, -0.05) is 29.8 Å². The zero-order chi connectivity index (χ0) is 21.5. The third kappa shape index (κ3) is 3.88. The summed E-state index contributed by atoms with van der Waals surface area (Å²) in [5.41, 5.74) is 0.576. The van der Waals surface area contributed by atoms with Crippen LogP contribution in [0, 0.1) is 0 Å². The molecule has 1 aliphatic rings. The molecule has 0 saturated heterocycles. The van der Waals surface area contributed by atoms with Crippen LogP contribution in [0.3, 0.4) is 0 Å². The quantitative estimate of drug-likeness (QED) is 0.622. The average molecular weight is 435 g/mol. The van der Waals surface area contributed by atoms with Crippen molar-refractivity contribution in [3.8, 4) is 11.1 Å². The van der Waals surface area contributed by atoms with Crippen LogP contribution in [0.15, 0.2) is 54.7 Å². The second-order valence-corrected chi connectivity index (χ2v) is 7.13. The Morgan fingerprint density at radius 1 is 1.20 bits per heavy atom. The maximum atomic E-state index is 12.8. The highest BCUT2D eigenvalue weighted by molar-refractivity contribution is 6.30. The fraction of sp³-hybridized carbons (Fsp3) is 0.150. The number of halogens is 4. The molecule has 1 aromatic heterocycles. The summed E-state index contributed by atoms with van der Waals surface area (Å²) in [6.07, 6.45) is -3.24. The van der Waals surface area contributed by atoms with Gasteiger partial charge >= 0.3 is 6.18 Å². The molecule has 2 N–H and O–H groups in total. The Hall–Kier alpha value is -3.33. The number of aromatic nitrogens is 2. The van der Waals surface area contributed by atoms with Crippen molar-refractivity contribution >= 4 is 34.9 Å². The van der Waals surface area contributed by atoms with Crippen molar-refractivity contribution in [1.29, 1.82) is 0 Å². The van der Waals surface area contributed by atoms with Crippen LogP contribution < -0.4 is 10.6 Å². The van der Waals surface area contributed by atoms with E-state index in [1.165, 1.54) is 16.8 Å². The normalized spacial score (nSPS) is 15.6. The van der Waals surface area contributed by atoms with E-state index in [9.17, 15) is 22.8 Å². The highest BCUT2D eigenvalue weighted by Crippen LogP contribution is 2.36. The number of nitrogens with one attached hydrogen (secondary N) is 2. The second kappa shape index (κ2) is 7.49. The van der Waals surface area contributed by atoms with E-state index >= 15 is 0 Å². The van der Waals surface area contributed by atoms with Crippen molar-refractivity contribution < 1.29 is 22.8 Å². The van der Waals surface area contributed by atoms with E-state index in [4.69, 9.17) is 11.6 Å². The van der Waals surface area contributed by atoms with Gasteiger partial charge in [-0.3, -0.25) is 9.59 Å². The SMILES string of the molecule is O=C(CC1C(=O)Nc2c(-c3ccc(Cl)cc3)cnn21)Nc1cccc(C(F)(F)F)c1. The lowest BCUT2D eigenvalue weighted by Gasteiger charge is -2.12. The minimum atomic E-state index is -4.52. The van der Waals surface area contributed by atoms with Crippen molar-refractivity contribution in [3.05, 3.63) is 65.3 Å². The van der Waals surface area contributed by atoms with Crippen LogP contribution >= 0.6 is 11.6 Å². The maximum Gasteiger partial charge on any atom is 0.416 e. The van der Waals surface area contributed by atoms with E-state index in [-0.39, 0.29) is 12.1 Å². The van der Waals surface area contributed by atoms with Gasteiger partial charge in [-0.05, 0) is 35.9 Å². The van der Waals surface area contributed by atoms with E-state index in [1.54, 1.807) is 30.5 Å². The van der Waals surface area contributed by atoms with Gasteiger partial charge in [0.05, 0.1) is 18.2 Å². The first-order valence-corrected chi connectivity index (χ1v) is 9.21. The number of nitrogens with zero attached hydrogens (tertiary/aromatic N) is 2. The van der Waals surface area contributed by atoms with E-state index in [0.29, 0.717) is 16.4 Å². The number of fused-ring (bicyclic) bond motifs is 1. The van der Waals surface area contributed by atoms with Gasteiger partial charge in [-0.25, -0.2) is 4.68 Å². The van der Waals surface area contributed by atoms with E-state index < -0.39 is 29.6 Å². The lowest BCUT2D eigenvalue weighted by atomic mass is 10.1. The Bertz CT molecular complexity index is 1130. The molecule has 3 aromatic rings. The van der Waals surface area contributed by atoms with E-state index in [1.807, 2.05) is 0 Å². The third-order valence-corrected chi connectivity index (χ3v) is 4.89. The average Bonchev–Trinajstić information content (AvgIpc) is 3.22. The molecule has 0 fully saturated rings. The van der Waals surface area contributed by atoms with Crippen LogP contribution in [0.1, 0.15) is 18.0 Å². The third-order valence-electron chi connectivity index (χ3n) is 4.64. The summed E-state index contributed by atoms with van der Waals surface area (Å²) in [6.45, 7) is 0. The number of carbonyl (C=O) groups excluding carboxylic acids is 2. The molecule has 0 saturated carbocycles. The molecule has 30 heavy (non-hydrogen) atoms. The van der Waals surface area contributed by atoms with Crippen molar-refractivity contribution in [3.63, 3.8) is 0 Å². The second-order valence-electron chi connectivity index (χ2n) is 6.69. The fourth-order valence-corrected chi connectivity index (χ4v) is 3.34. The number of benzene rings is 2. The molecule has 2 aromatic carbocycles. The van der Waals surface area contributed by atoms with Crippen molar-refractivity contribution in [1.82, 2.24) is 9.78 Å². The molecule has 0 aliphatic carbocycles. The Kier molecular flexibility index (Phi) is 4.98. The highest BCUT2D eigenvalue weighted by Gasteiger charge is 2.35. The summed E-state index contributed by atoms with van der Waals surface area (Å²) in [5.74, 6) is -0.586. The molecule has 2 amide bonds. The molecule has 6 nitrogen and oxygen atoms in total. The van der Waals surface area contributed by atoms with Crippen LogP contribution in [0.25, 0.3) is 11.1 Å². The summed E-state index contributed by atoms with van der Waals surface area (Å²) in [5, 5.41) is 9.88. The number of carbonyl (C=O) groups is 2. The number of hydrogen-bond acceptors (Lipinski definition) is 3. The summed E-state index contributed by atoms with van der Waals surface area (Å²) < 4.78 is 39.9. The predicted octanol–water partition coefficient (Wildman–Crippen LogP) is 4.74. The number of amides is 2. The van der Waals surface area contributed by atoms with Crippen LogP contribution in [-0.4, -0.2) is 21.6 Å². The summed E-state index contributed by atoms with van der Waals surface area (Å²) in [6, 6.07) is 10.4. The van der Waals surface area contributed by atoms with Gasteiger partial charge in [0, 0.05) is 16.3 Å². The minimum absolute atomic E-state index is 0.00391. The first kappa shape index (κ1) is 20.0. The summed E-state index contributed by atoms with van der Waals surface area (Å²) in [7, 11) is 0. The van der Waals surface area contributed by atoms with Gasteiger partial charge in [0.15, 0.2) is 0 Å². The number of anilines is 2. The fourth-order valence-electron chi connectivity index (χ4n) is 3.21. The van der Waals surface area contributed by atoms with Gasteiger partial charge in [-0.15, -0.1) is 0 Å². The lowest BCUT2D eigenvalue weighted by molar-refractivity contribution is -0.137. The largest absolute Gasteiger partial charge is 0.416 e. The smallest absolute Gasteiger partial charge is 0.326 e. The Balaban J connectivity index is 1.51.